The van der Waals surface area contributed by atoms with Gasteiger partial charge < -0.3 is 9.88 Å². The van der Waals surface area contributed by atoms with Gasteiger partial charge in [0.2, 0.25) is 0 Å². The van der Waals surface area contributed by atoms with Crippen molar-refractivity contribution in [2.24, 2.45) is 4.99 Å². The highest BCUT2D eigenvalue weighted by Gasteiger charge is 2.46. The SMILES string of the molecule is C1=C(c2ccccc2)NC(c2ccccc2)N=C1c1cc2c(cc1-c1ccc3c4ccccc4n(-c4ccccc4)c3c1)C(c1ccccc1)(c1ccccc1)c1ccccc1-2. The van der Waals surface area contributed by atoms with E-state index in [1.54, 1.807) is 0 Å². The second-order valence-corrected chi connectivity index (χ2v) is 16.3. The van der Waals surface area contributed by atoms with Gasteiger partial charge >= 0.3 is 0 Å². The maximum atomic E-state index is 5.60. The van der Waals surface area contributed by atoms with E-state index in [0.717, 1.165) is 50.4 Å². The number of rotatable bonds is 7. The Morgan fingerprint density at radius 3 is 1.74 bits per heavy atom. The fourth-order valence-electron chi connectivity index (χ4n) is 10.2. The van der Waals surface area contributed by atoms with Gasteiger partial charge in [-0.2, -0.15) is 0 Å². The smallest absolute Gasteiger partial charge is 0.145 e. The zero-order valence-corrected chi connectivity index (χ0v) is 34.0. The number of aromatic nitrogens is 1. The van der Waals surface area contributed by atoms with E-state index >= 15 is 0 Å². The highest BCUT2D eigenvalue weighted by Crippen LogP contribution is 2.57. The first kappa shape index (κ1) is 35.9. The Labute approximate surface area is 361 Å². The molecule has 0 amide bonds. The van der Waals surface area contributed by atoms with Gasteiger partial charge in [0.25, 0.3) is 0 Å². The summed E-state index contributed by atoms with van der Waals surface area (Å²) < 4.78 is 2.41. The van der Waals surface area contributed by atoms with Gasteiger partial charge in [-0.05, 0) is 98.1 Å². The molecule has 2 aliphatic rings. The molecule has 9 aromatic carbocycles. The Kier molecular flexibility index (Phi) is 8.46. The summed E-state index contributed by atoms with van der Waals surface area (Å²) in [6.07, 6.45) is 1.97. The summed E-state index contributed by atoms with van der Waals surface area (Å²) in [6, 6.07) is 83.8. The number of benzene rings is 9. The molecule has 10 aromatic rings. The third kappa shape index (κ3) is 5.63. The van der Waals surface area contributed by atoms with Gasteiger partial charge in [-0.3, -0.25) is 4.99 Å². The van der Waals surface area contributed by atoms with Gasteiger partial charge in [-0.15, -0.1) is 0 Å². The Hall–Kier alpha value is -8.01. The number of hydrogen-bond acceptors (Lipinski definition) is 2. The number of aliphatic imine (C=N–C) groups is 1. The van der Waals surface area contributed by atoms with Crippen LogP contribution in [0.2, 0.25) is 0 Å². The summed E-state index contributed by atoms with van der Waals surface area (Å²) in [7, 11) is 0. The van der Waals surface area contributed by atoms with Crippen LogP contribution in [0.5, 0.6) is 0 Å². The van der Waals surface area contributed by atoms with Crippen LogP contribution >= 0.6 is 0 Å². The lowest BCUT2D eigenvalue weighted by Crippen LogP contribution is -2.29. The lowest BCUT2D eigenvalue weighted by Gasteiger charge is -2.34. The van der Waals surface area contributed by atoms with E-state index in [9.17, 15) is 0 Å². The van der Waals surface area contributed by atoms with Crippen LogP contribution in [0, 0.1) is 0 Å². The van der Waals surface area contributed by atoms with Crippen molar-refractivity contribution in [3.63, 3.8) is 0 Å². The van der Waals surface area contributed by atoms with Crippen LogP contribution in [-0.4, -0.2) is 10.3 Å². The van der Waals surface area contributed by atoms with Crippen LogP contribution in [0.25, 0.3) is 55.4 Å². The second-order valence-electron chi connectivity index (χ2n) is 16.3. The molecule has 0 spiro atoms. The highest BCUT2D eigenvalue weighted by atomic mass is 15.1. The fraction of sp³-hybridized carbons (Fsp3) is 0.0339. The van der Waals surface area contributed by atoms with Gasteiger partial charge in [0.15, 0.2) is 0 Å². The van der Waals surface area contributed by atoms with Crippen LogP contribution in [0.4, 0.5) is 0 Å². The van der Waals surface area contributed by atoms with Gasteiger partial charge in [0.05, 0.1) is 22.2 Å². The molecular weight excluding hydrogens is 751 g/mol. The first-order valence-corrected chi connectivity index (χ1v) is 21.4. The molecule has 0 saturated heterocycles. The molecule has 1 aliphatic heterocycles. The number of para-hydroxylation sites is 2. The maximum absolute atomic E-state index is 5.60. The molecule has 3 nitrogen and oxygen atoms in total. The molecular formula is C59H41N3. The van der Waals surface area contributed by atoms with Crippen molar-refractivity contribution in [2.75, 3.05) is 0 Å². The molecule has 1 N–H and O–H groups in total. The van der Waals surface area contributed by atoms with Crippen molar-refractivity contribution in [2.45, 2.75) is 11.6 Å². The highest BCUT2D eigenvalue weighted by molar-refractivity contribution is 6.18. The van der Waals surface area contributed by atoms with E-state index in [0.29, 0.717) is 0 Å². The predicted molar refractivity (Wildman–Crippen MR) is 257 cm³/mol. The molecule has 2 heterocycles. The predicted octanol–water partition coefficient (Wildman–Crippen LogP) is 13.9. The molecule has 12 rings (SSSR count). The van der Waals surface area contributed by atoms with E-state index in [1.807, 2.05) is 0 Å². The first-order valence-electron chi connectivity index (χ1n) is 21.4. The summed E-state index contributed by atoms with van der Waals surface area (Å²) in [6.45, 7) is 0. The molecule has 1 aromatic heterocycles. The Bertz CT molecular complexity index is 3310. The summed E-state index contributed by atoms with van der Waals surface area (Å²) in [5, 5.41) is 6.26. The van der Waals surface area contributed by atoms with Crippen molar-refractivity contribution in [1.82, 2.24) is 9.88 Å². The van der Waals surface area contributed by atoms with Crippen molar-refractivity contribution in [3.8, 4) is 27.9 Å². The normalized spacial score (nSPS) is 15.1. The van der Waals surface area contributed by atoms with Crippen molar-refractivity contribution >= 4 is 33.2 Å². The number of fused-ring (bicyclic) bond motifs is 6. The fourth-order valence-corrected chi connectivity index (χ4v) is 10.2. The summed E-state index contributed by atoms with van der Waals surface area (Å²) in [5.74, 6) is 0. The summed E-state index contributed by atoms with van der Waals surface area (Å²) in [5.41, 5.74) is 18.0. The molecule has 1 unspecified atom stereocenters. The minimum Gasteiger partial charge on any atom is -0.360 e. The second kappa shape index (κ2) is 14.6. The van der Waals surface area contributed by atoms with Crippen LogP contribution in [0.3, 0.4) is 0 Å². The Balaban J connectivity index is 1.19. The zero-order valence-electron chi connectivity index (χ0n) is 34.0. The summed E-state index contributed by atoms with van der Waals surface area (Å²) >= 11 is 0. The molecule has 0 radical (unpaired) electrons. The minimum absolute atomic E-state index is 0.282. The monoisotopic (exact) mass is 791 g/mol. The third-order valence-electron chi connectivity index (χ3n) is 12.9. The summed E-state index contributed by atoms with van der Waals surface area (Å²) in [4.78, 5) is 5.60. The Morgan fingerprint density at radius 1 is 0.419 bits per heavy atom. The van der Waals surface area contributed by atoms with Crippen molar-refractivity contribution < 1.29 is 0 Å². The molecule has 1 aliphatic carbocycles. The minimum atomic E-state index is -0.557. The lowest BCUT2D eigenvalue weighted by atomic mass is 9.67. The first-order chi connectivity index (χ1) is 30.8. The Morgan fingerprint density at radius 2 is 1.02 bits per heavy atom. The molecule has 62 heavy (non-hydrogen) atoms. The third-order valence-corrected chi connectivity index (χ3v) is 12.9. The molecule has 3 heteroatoms. The number of allylic oxidation sites excluding steroid dienone is 1. The molecule has 0 saturated carbocycles. The van der Waals surface area contributed by atoms with Crippen LogP contribution in [0.15, 0.2) is 242 Å². The molecule has 292 valence electrons. The standard InChI is InChI=1S/C59H41N3/c1-6-20-40(21-7-1)54-39-55(61-58(60-54)41-22-8-2-9-23-41)51-37-50-46-30-16-18-32-52(46)59(43-24-10-3-11-25-43,44-26-12-4-13-27-44)53(50)38-49(51)42-34-35-48-47-31-17-19-33-56(47)62(57(48)36-42)45-28-14-5-15-29-45/h1-39,58,60H. The van der Waals surface area contributed by atoms with Crippen LogP contribution < -0.4 is 5.32 Å². The average molecular weight is 792 g/mol. The lowest BCUT2D eigenvalue weighted by molar-refractivity contribution is 0.664. The van der Waals surface area contributed by atoms with E-state index in [2.05, 4.69) is 246 Å². The van der Waals surface area contributed by atoms with Gasteiger partial charge in [-0.25, -0.2) is 0 Å². The molecule has 1 atom stereocenters. The van der Waals surface area contributed by atoms with E-state index < -0.39 is 5.41 Å². The van der Waals surface area contributed by atoms with Crippen molar-refractivity contribution in [1.29, 1.82) is 0 Å². The van der Waals surface area contributed by atoms with E-state index in [4.69, 9.17) is 4.99 Å². The average Bonchev–Trinajstić information content (AvgIpc) is 3.85. The molecule has 0 fully saturated rings. The van der Waals surface area contributed by atoms with Crippen LogP contribution in [0.1, 0.15) is 45.1 Å². The van der Waals surface area contributed by atoms with E-state index in [1.165, 1.54) is 49.7 Å². The number of nitrogens with zero attached hydrogens (tertiary/aromatic N) is 2. The van der Waals surface area contributed by atoms with Gasteiger partial charge in [0, 0.05) is 27.7 Å². The zero-order chi connectivity index (χ0) is 41.0. The van der Waals surface area contributed by atoms with Gasteiger partial charge in [0.1, 0.15) is 6.17 Å². The number of nitrogens with one attached hydrogen (secondary N) is 1. The topological polar surface area (TPSA) is 29.3 Å². The maximum Gasteiger partial charge on any atom is 0.145 e. The van der Waals surface area contributed by atoms with E-state index in [-0.39, 0.29) is 6.17 Å². The number of hydrogen-bond donors (Lipinski definition) is 1. The van der Waals surface area contributed by atoms with Crippen LogP contribution in [-0.2, 0) is 5.41 Å². The largest absolute Gasteiger partial charge is 0.360 e. The van der Waals surface area contributed by atoms with Gasteiger partial charge in [-0.1, -0.05) is 194 Å². The molecule has 0 bridgehead atoms. The van der Waals surface area contributed by atoms with Crippen molar-refractivity contribution in [3.05, 3.63) is 276 Å². The quantitative estimate of drug-likeness (QED) is 0.171.